The predicted octanol–water partition coefficient (Wildman–Crippen LogP) is 14.1. The zero-order valence-electron chi connectivity index (χ0n) is 40.9. The third-order valence-corrected chi connectivity index (χ3v) is 10.7. The third-order valence-electron chi connectivity index (χ3n) is 10.7. The third kappa shape index (κ3) is 38.5. The Morgan fingerprint density at radius 1 is 0.406 bits per heavy atom. The number of esters is 4. The van der Waals surface area contributed by atoms with Crippen LogP contribution in [0.4, 0.5) is 0 Å². The lowest BCUT2D eigenvalue weighted by atomic mass is 10.1. The van der Waals surface area contributed by atoms with E-state index in [1.807, 2.05) is 37.2 Å². The van der Waals surface area contributed by atoms with Crippen LogP contribution < -0.4 is 0 Å². The molecule has 1 aromatic carbocycles. The van der Waals surface area contributed by atoms with Gasteiger partial charge in [-0.05, 0) is 127 Å². The van der Waals surface area contributed by atoms with E-state index in [2.05, 4.69) is 62.5 Å². The van der Waals surface area contributed by atoms with E-state index >= 15 is 0 Å². The first-order valence-electron chi connectivity index (χ1n) is 25.2. The normalized spacial score (nSPS) is 11.8. The van der Waals surface area contributed by atoms with Crippen molar-refractivity contribution < 1.29 is 38.1 Å². The Labute approximate surface area is 389 Å². The van der Waals surface area contributed by atoms with Crippen molar-refractivity contribution in [2.75, 3.05) is 27.3 Å². The van der Waals surface area contributed by atoms with Crippen molar-refractivity contribution in [1.29, 1.82) is 0 Å². The number of hydrogen-bond donors (Lipinski definition) is 0. The van der Waals surface area contributed by atoms with Crippen LogP contribution in [-0.2, 0) is 57.9 Å². The molecule has 0 bridgehead atoms. The molecule has 9 nitrogen and oxygen atoms in total. The van der Waals surface area contributed by atoms with Crippen molar-refractivity contribution in [3.63, 3.8) is 0 Å². The summed E-state index contributed by atoms with van der Waals surface area (Å²) in [6, 6.07) is 5.84. The van der Waals surface area contributed by atoms with Crippen LogP contribution in [0, 0.1) is 0 Å². The lowest BCUT2D eigenvalue weighted by Gasteiger charge is -2.14. The summed E-state index contributed by atoms with van der Waals surface area (Å²) in [5.74, 6) is -1.15. The predicted molar refractivity (Wildman–Crippen MR) is 263 cm³/mol. The highest BCUT2D eigenvalue weighted by Gasteiger charge is 2.11. The van der Waals surface area contributed by atoms with Gasteiger partial charge in [0.15, 0.2) is 0 Å². The molecule has 0 radical (unpaired) electrons. The summed E-state index contributed by atoms with van der Waals surface area (Å²) >= 11 is 0. The summed E-state index contributed by atoms with van der Waals surface area (Å²) in [6.07, 6.45) is 45.1. The Bertz CT molecular complexity index is 1360. The zero-order chi connectivity index (χ0) is 46.6. The van der Waals surface area contributed by atoms with E-state index in [4.69, 9.17) is 18.9 Å². The minimum atomic E-state index is -0.359. The number of ether oxygens (including phenoxy) is 4. The number of allylic oxidation sites excluding steroid dienone is 8. The van der Waals surface area contributed by atoms with Gasteiger partial charge in [-0.25, -0.2) is 0 Å². The molecule has 0 aliphatic rings. The average Bonchev–Trinajstić information content (AvgIpc) is 3.27. The van der Waals surface area contributed by atoms with Gasteiger partial charge in [-0.2, -0.15) is 0 Å². The van der Waals surface area contributed by atoms with Gasteiger partial charge in [-0.3, -0.25) is 19.2 Å². The van der Waals surface area contributed by atoms with Crippen molar-refractivity contribution in [3.8, 4) is 0 Å². The number of benzene rings is 1. The van der Waals surface area contributed by atoms with Crippen LogP contribution in [0.15, 0.2) is 66.8 Å². The quantitative estimate of drug-likeness (QED) is 0.0274. The van der Waals surface area contributed by atoms with Crippen molar-refractivity contribution in [2.24, 2.45) is 0 Å². The van der Waals surface area contributed by atoms with Gasteiger partial charge in [0.25, 0.3) is 0 Å². The molecule has 0 atom stereocenters. The van der Waals surface area contributed by atoms with Crippen LogP contribution in [-0.4, -0.2) is 56.1 Å². The van der Waals surface area contributed by atoms with Gasteiger partial charge < -0.3 is 23.8 Å². The van der Waals surface area contributed by atoms with Gasteiger partial charge in [0, 0.05) is 32.2 Å². The summed E-state index contributed by atoms with van der Waals surface area (Å²) in [7, 11) is 3.94. The van der Waals surface area contributed by atoms with Crippen LogP contribution >= 0.6 is 0 Å². The molecule has 64 heavy (non-hydrogen) atoms. The maximum Gasteiger partial charge on any atom is 0.306 e. The molecule has 0 heterocycles. The van der Waals surface area contributed by atoms with E-state index in [1.54, 1.807) is 0 Å². The number of nitrogens with zero attached hydrogens (tertiary/aromatic N) is 1. The molecule has 0 N–H and O–H groups in total. The SMILES string of the molecule is CCCCC/C=C\C/C=C\CCCCCCCC(=O)OCCCC(=O)OCc1cc(COC(=O)CCCOC(=O)CCCCCCC/C=C\C/C=C\CCCCC)cc(CN(C)C)c1. The van der Waals surface area contributed by atoms with Crippen molar-refractivity contribution in [2.45, 2.75) is 213 Å². The first kappa shape index (κ1) is 58.0. The smallest absolute Gasteiger partial charge is 0.306 e. The number of hydrogen-bond acceptors (Lipinski definition) is 9. The molecule has 0 saturated carbocycles. The lowest BCUT2D eigenvalue weighted by molar-refractivity contribution is -0.148. The van der Waals surface area contributed by atoms with Crippen LogP contribution in [0.2, 0.25) is 0 Å². The van der Waals surface area contributed by atoms with Gasteiger partial charge in [-0.1, -0.05) is 139 Å². The number of rotatable bonds is 42. The highest BCUT2D eigenvalue weighted by molar-refractivity contribution is 5.71. The van der Waals surface area contributed by atoms with E-state index in [-0.39, 0.29) is 63.1 Å². The summed E-state index contributed by atoms with van der Waals surface area (Å²) in [5.41, 5.74) is 2.62. The fourth-order valence-corrected chi connectivity index (χ4v) is 7.05. The Kier molecular flexibility index (Phi) is 38.9. The molecular formula is C55H89NO8. The van der Waals surface area contributed by atoms with E-state index in [0.29, 0.717) is 32.2 Å². The molecule has 0 fully saturated rings. The standard InChI is InChI=1S/C55H89NO8/c1-5-7-9-11-13-15-17-19-21-23-25-27-29-31-33-37-52(57)61-41-35-39-54(59)63-47-50-43-49(46-56(3)4)44-51(45-50)48-64-55(60)40-36-42-62-53(58)38-34-32-30-28-26-24-22-20-18-16-14-12-10-8-6-2/h13-16,19-22,43-45H,5-12,17-18,23-42,46-48H2,1-4H3/b15-13-,16-14-,21-19-,22-20-. The molecule has 0 saturated heterocycles. The zero-order valence-corrected chi connectivity index (χ0v) is 40.9. The van der Waals surface area contributed by atoms with Gasteiger partial charge in [0.1, 0.15) is 13.2 Å². The Morgan fingerprint density at radius 3 is 1.12 bits per heavy atom. The van der Waals surface area contributed by atoms with Crippen LogP contribution in [0.3, 0.4) is 0 Å². The first-order valence-corrected chi connectivity index (χ1v) is 25.2. The molecular weight excluding hydrogens is 803 g/mol. The monoisotopic (exact) mass is 892 g/mol. The van der Waals surface area contributed by atoms with Crippen LogP contribution in [0.25, 0.3) is 0 Å². The van der Waals surface area contributed by atoms with Crippen molar-refractivity contribution in [3.05, 3.63) is 83.5 Å². The first-order chi connectivity index (χ1) is 31.2. The highest BCUT2D eigenvalue weighted by atomic mass is 16.5. The highest BCUT2D eigenvalue weighted by Crippen LogP contribution is 2.16. The van der Waals surface area contributed by atoms with Gasteiger partial charge in [-0.15, -0.1) is 0 Å². The molecule has 1 aromatic rings. The van der Waals surface area contributed by atoms with Gasteiger partial charge in [0.05, 0.1) is 13.2 Å². The van der Waals surface area contributed by atoms with E-state index < -0.39 is 0 Å². The largest absolute Gasteiger partial charge is 0.466 e. The fourth-order valence-electron chi connectivity index (χ4n) is 7.05. The van der Waals surface area contributed by atoms with Crippen LogP contribution in [0.5, 0.6) is 0 Å². The fraction of sp³-hybridized carbons (Fsp3) is 0.673. The average molecular weight is 892 g/mol. The summed E-state index contributed by atoms with van der Waals surface area (Å²) in [5, 5.41) is 0. The topological polar surface area (TPSA) is 108 Å². The van der Waals surface area contributed by atoms with Crippen molar-refractivity contribution >= 4 is 23.9 Å². The number of unbranched alkanes of at least 4 members (excludes halogenated alkanes) is 16. The Balaban J connectivity index is 2.18. The molecule has 0 unspecified atom stereocenters. The maximum absolute atomic E-state index is 12.5. The molecule has 1 rings (SSSR count). The van der Waals surface area contributed by atoms with E-state index in [0.717, 1.165) is 80.9 Å². The summed E-state index contributed by atoms with van der Waals surface area (Å²) < 4.78 is 21.8. The van der Waals surface area contributed by atoms with Gasteiger partial charge in [0.2, 0.25) is 0 Å². The van der Waals surface area contributed by atoms with Gasteiger partial charge >= 0.3 is 23.9 Å². The number of carbonyl (C=O) groups is 4. The number of carbonyl (C=O) groups excluding carboxylic acids is 4. The minimum absolute atomic E-state index is 0.0915. The van der Waals surface area contributed by atoms with E-state index in [9.17, 15) is 19.2 Å². The minimum Gasteiger partial charge on any atom is -0.466 e. The summed E-state index contributed by atoms with van der Waals surface area (Å²) in [4.78, 5) is 51.4. The Morgan fingerprint density at radius 2 is 0.734 bits per heavy atom. The lowest BCUT2D eigenvalue weighted by Crippen LogP contribution is -2.13. The molecule has 0 aliphatic carbocycles. The second-order valence-corrected chi connectivity index (χ2v) is 17.3. The molecule has 0 amide bonds. The molecule has 362 valence electrons. The molecule has 9 heteroatoms. The van der Waals surface area contributed by atoms with E-state index in [1.165, 1.54) is 77.0 Å². The van der Waals surface area contributed by atoms with Crippen LogP contribution in [0.1, 0.15) is 210 Å². The summed E-state index contributed by atoms with van der Waals surface area (Å²) in [6.45, 7) is 5.71. The Hall–Kier alpha value is -3.98. The molecule has 0 spiro atoms. The second-order valence-electron chi connectivity index (χ2n) is 17.3. The molecule has 0 aliphatic heterocycles. The second kappa shape index (κ2) is 42.9. The molecule has 0 aromatic heterocycles. The van der Waals surface area contributed by atoms with Crippen molar-refractivity contribution in [1.82, 2.24) is 4.90 Å². The maximum atomic E-state index is 12.5.